The fourth-order valence-corrected chi connectivity index (χ4v) is 4.23. The first-order valence-corrected chi connectivity index (χ1v) is 10.4. The van der Waals surface area contributed by atoms with Gasteiger partial charge in [-0.2, -0.15) is 5.26 Å². The summed E-state index contributed by atoms with van der Waals surface area (Å²) in [5.74, 6) is -0.308. The Kier molecular flexibility index (Phi) is 6.20. The molecule has 0 aromatic heterocycles. The first kappa shape index (κ1) is 19.4. The second-order valence-electron chi connectivity index (χ2n) is 6.49. The Morgan fingerprint density at radius 3 is 2.56 bits per heavy atom. The van der Waals surface area contributed by atoms with Crippen LogP contribution >= 0.6 is 0 Å². The molecule has 1 heterocycles. The minimum absolute atomic E-state index is 0.00675. The lowest BCUT2D eigenvalue weighted by atomic mass is 9.96. The quantitative estimate of drug-likeness (QED) is 0.802. The molecule has 2 atom stereocenters. The van der Waals surface area contributed by atoms with E-state index in [4.69, 9.17) is 5.26 Å². The molecule has 25 heavy (non-hydrogen) atoms. The average molecular weight is 363 g/mol. The number of sulfonamides is 1. The van der Waals surface area contributed by atoms with Gasteiger partial charge in [-0.3, -0.25) is 4.79 Å². The van der Waals surface area contributed by atoms with E-state index in [0.717, 1.165) is 5.56 Å². The molecule has 1 fully saturated rings. The standard InChI is InChI=1S/C18H25N3O3S/c1-4-21(14(2)16-9-7-15(12-19)8-10-16)18(22)17-6-5-11-20(13-17)25(3,23)24/h7-10,14,17H,4-6,11,13H2,1-3H3. The number of nitrogens with zero attached hydrogens (tertiary/aromatic N) is 3. The van der Waals surface area contributed by atoms with Crippen LogP contribution in [0.3, 0.4) is 0 Å². The van der Waals surface area contributed by atoms with Crippen molar-refractivity contribution in [2.45, 2.75) is 32.7 Å². The summed E-state index contributed by atoms with van der Waals surface area (Å²) >= 11 is 0. The van der Waals surface area contributed by atoms with Crippen LogP contribution in [0.25, 0.3) is 0 Å². The molecule has 2 unspecified atom stereocenters. The monoisotopic (exact) mass is 363 g/mol. The fraction of sp³-hybridized carbons (Fsp3) is 0.556. The van der Waals surface area contributed by atoms with Crippen LogP contribution in [0, 0.1) is 17.2 Å². The molecule has 0 saturated carbocycles. The van der Waals surface area contributed by atoms with E-state index in [1.807, 2.05) is 26.0 Å². The highest BCUT2D eigenvalue weighted by Gasteiger charge is 2.33. The number of amides is 1. The van der Waals surface area contributed by atoms with Crippen molar-refractivity contribution >= 4 is 15.9 Å². The van der Waals surface area contributed by atoms with Crippen molar-refractivity contribution in [3.05, 3.63) is 35.4 Å². The van der Waals surface area contributed by atoms with Gasteiger partial charge in [-0.25, -0.2) is 12.7 Å². The van der Waals surface area contributed by atoms with E-state index < -0.39 is 10.0 Å². The zero-order valence-electron chi connectivity index (χ0n) is 15.0. The van der Waals surface area contributed by atoms with Crippen LogP contribution < -0.4 is 0 Å². The molecular weight excluding hydrogens is 338 g/mol. The molecule has 0 bridgehead atoms. The summed E-state index contributed by atoms with van der Waals surface area (Å²) in [4.78, 5) is 14.8. The van der Waals surface area contributed by atoms with Crippen molar-refractivity contribution in [2.75, 3.05) is 25.9 Å². The van der Waals surface area contributed by atoms with Gasteiger partial charge in [-0.05, 0) is 44.4 Å². The third kappa shape index (κ3) is 4.59. The second-order valence-corrected chi connectivity index (χ2v) is 8.48. The van der Waals surface area contributed by atoms with Crippen LogP contribution in [0.5, 0.6) is 0 Å². The highest BCUT2D eigenvalue weighted by Crippen LogP contribution is 2.26. The predicted molar refractivity (Wildman–Crippen MR) is 96.1 cm³/mol. The van der Waals surface area contributed by atoms with Gasteiger partial charge in [0, 0.05) is 19.6 Å². The Labute approximate surface area is 150 Å². The molecule has 0 spiro atoms. The molecule has 2 rings (SSSR count). The number of benzene rings is 1. The van der Waals surface area contributed by atoms with Crippen LogP contribution in [0.1, 0.15) is 43.9 Å². The van der Waals surface area contributed by atoms with Gasteiger partial charge in [0.1, 0.15) is 0 Å². The molecule has 1 saturated heterocycles. The van der Waals surface area contributed by atoms with E-state index in [0.29, 0.717) is 31.5 Å². The molecule has 1 aliphatic rings. The van der Waals surface area contributed by atoms with Crippen molar-refractivity contribution in [1.29, 1.82) is 5.26 Å². The molecule has 7 heteroatoms. The summed E-state index contributed by atoms with van der Waals surface area (Å²) in [6.07, 6.45) is 2.60. The van der Waals surface area contributed by atoms with Gasteiger partial charge < -0.3 is 4.90 Å². The van der Waals surface area contributed by atoms with E-state index in [1.54, 1.807) is 17.0 Å². The van der Waals surface area contributed by atoms with Gasteiger partial charge in [-0.15, -0.1) is 0 Å². The SMILES string of the molecule is CCN(C(=O)C1CCCN(S(C)(=O)=O)C1)C(C)c1ccc(C#N)cc1. The predicted octanol–water partition coefficient (Wildman–Crippen LogP) is 2.14. The van der Waals surface area contributed by atoms with Crippen molar-refractivity contribution < 1.29 is 13.2 Å². The van der Waals surface area contributed by atoms with Crippen LogP contribution in [0.4, 0.5) is 0 Å². The van der Waals surface area contributed by atoms with Gasteiger partial charge in [0.25, 0.3) is 0 Å². The second kappa shape index (κ2) is 7.98. The number of rotatable bonds is 5. The topological polar surface area (TPSA) is 81.5 Å². The Hall–Kier alpha value is -1.91. The summed E-state index contributed by atoms with van der Waals surface area (Å²) in [6, 6.07) is 9.18. The lowest BCUT2D eigenvalue weighted by Gasteiger charge is -2.36. The smallest absolute Gasteiger partial charge is 0.227 e. The van der Waals surface area contributed by atoms with Gasteiger partial charge in [-0.1, -0.05) is 12.1 Å². The minimum atomic E-state index is -3.27. The third-order valence-corrected chi connectivity index (χ3v) is 6.09. The minimum Gasteiger partial charge on any atom is -0.336 e. The largest absolute Gasteiger partial charge is 0.336 e. The van der Waals surface area contributed by atoms with E-state index in [2.05, 4.69) is 6.07 Å². The van der Waals surface area contributed by atoms with E-state index in [9.17, 15) is 13.2 Å². The molecule has 0 N–H and O–H groups in total. The summed E-state index contributed by atoms with van der Waals surface area (Å²) in [6.45, 7) is 5.18. The fourth-order valence-electron chi connectivity index (χ4n) is 3.32. The summed E-state index contributed by atoms with van der Waals surface area (Å²) < 4.78 is 25.0. The normalized spacial score (nSPS) is 19.8. The Balaban J connectivity index is 2.15. The van der Waals surface area contributed by atoms with Gasteiger partial charge >= 0.3 is 0 Å². The van der Waals surface area contributed by atoms with E-state index >= 15 is 0 Å². The van der Waals surface area contributed by atoms with Crippen molar-refractivity contribution in [2.24, 2.45) is 5.92 Å². The maximum absolute atomic E-state index is 13.0. The van der Waals surface area contributed by atoms with E-state index in [1.165, 1.54) is 10.6 Å². The molecule has 0 aliphatic carbocycles. The van der Waals surface area contributed by atoms with Crippen LogP contribution in [-0.4, -0.2) is 49.4 Å². The number of nitriles is 1. The van der Waals surface area contributed by atoms with Crippen molar-refractivity contribution in [3.63, 3.8) is 0 Å². The lowest BCUT2D eigenvalue weighted by molar-refractivity contribution is -0.138. The maximum atomic E-state index is 13.0. The Morgan fingerprint density at radius 2 is 2.04 bits per heavy atom. The van der Waals surface area contributed by atoms with Crippen molar-refractivity contribution in [1.82, 2.24) is 9.21 Å². The Bertz CT molecular complexity index is 753. The molecule has 1 aromatic rings. The average Bonchev–Trinajstić information content (AvgIpc) is 2.61. The number of hydrogen-bond donors (Lipinski definition) is 0. The highest BCUT2D eigenvalue weighted by atomic mass is 32.2. The van der Waals surface area contributed by atoms with Crippen LogP contribution in [0.15, 0.2) is 24.3 Å². The molecule has 0 radical (unpaired) electrons. The summed E-state index contributed by atoms with van der Waals surface area (Å²) in [7, 11) is -3.27. The molecule has 1 aromatic carbocycles. The summed E-state index contributed by atoms with van der Waals surface area (Å²) in [5.41, 5.74) is 1.55. The molecule has 136 valence electrons. The highest BCUT2D eigenvalue weighted by molar-refractivity contribution is 7.88. The number of carbonyl (C=O) groups is 1. The first-order valence-electron chi connectivity index (χ1n) is 8.53. The van der Waals surface area contributed by atoms with Gasteiger partial charge in [0.2, 0.25) is 15.9 Å². The molecule has 1 amide bonds. The molecule has 6 nitrogen and oxygen atoms in total. The lowest BCUT2D eigenvalue weighted by Crippen LogP contribution is -2.47. The van der Waals surface area contributed by atoms with Crippen LogP contribution in [-0.2, 0) is 14.8 Å². The third-order valence-electron chi connectivity index (χ3n) is 4.82. The Morgan fingerprint density at radius 1 is 1.40 bits per heavy atom. The van der Waals surface area contributed by atoms with Crippen LogP contribution in [0.2, 0.25) is 0 Å². The van der Waals surface area contributed by atoms with Crippen molar-refractivity contribution in [3.8, 4) is 6.07 Å². The van der Waals surface area contributed by atoms with E-state index in [-0.39, 0.29) is 24.4 Å². The molecular formula is C18H25N3O3S. The number of piperidine rings is 1. The zero-order valence-corrected chi connectivity index (χ0v) is 15.8. The number of hydrogen-bond acceptors (Lipinski definition) is 4. The maximum Gasteiger partial charge on any atom is 0.227 e. The van der Waals surface area contributed by atoms with Gasteiger partial charge in [0.05, 0.1) is 29.8 Å². The molecule has 1 aliphatic heterocycles. The zero-order chi connectivity index (χ0) is 18.6. The summed E-state index contributed by atoms with van der Waals surface area (Å²) in [5, 5.41) is 8.90. The first-order chi connectivity index (χ1) is 11.8. The van der Waals surface area contributed by atoms with Gasteiger partial charge in [0.15, 0.2) is 0 Å². The number of carbonyl (C=O) groups excluding carboxylic acids is 1.